The fraction of sp³-hybridized carbons (Fsp3) is 0.250. The predicted molar refractivity (Wildman–Crippen MR) is 96.2 cm³/mol. The van der Waals surface area contributed by atoms with Gasteiger partial charge in [-0.25, -0.2) is 0 Å². The highest BCUT2D eigenvalue weighted by atomic mass is 16.3. The van der Waals surface area contributed by atoms with Gasteiger partial charge in [-0.2, -0.15) is 0 Å². The highest BCUT2D eigenvalue weighted by Crippen LogP contribution is 2.29. The van der Waals surface area contributed by atoms with Crippen molar-refractivity contribution < 1.29 is 9.90 Å². The van der Waals surface area contributed by atoms with Crippen molar-refractivity contribution in [3.63, 3.8) is 0 Å². The van der Waals surface area contributed by atoms with Gasteiger partial charge in [-0.1, -0.05) is 6.07 Å². The van der Waals surface area contributed by atoms with Gasteiger partial charge in [-0.15, -0.1) is 0 Å². The third-order valence-corrected chi connectivity index (χ3v) is 3.80. The number of nitrogens with two attached hydrogens (primary N) is 2. The number of nitrogens with zero attached hydrogens (tertiary/aromatic N) is 2. The minimum Gasteiger partial charge on any atom is -0.508 e. The first-order valence-corrected chi connectivity index (χ1v) is 6.99. The summed E-state index contributed by atoms with van der Waals surface area (Å²) in [7, 11) is 3.37. The van der Waals surface area contributed by atoms with Crippen molar-refractivity contribution in [2.75, 3.05) is 24.7 Å². The van der Waals surface area contributed by atoms with Gasteiger partial charge in [-0.3, -0.25) is 14.2 Å². The molecule has 1 heterocycles. The van der Waals surface area contributed by atoms with Gasteiger partial charge in [0.25, 0.3) is 11.5 Å². The summed E-state index contributed by atoms with van der Waals surface area (Å²) < 4.78 is 1.22. The van der Waals surface area contributed by atoms with Crippen LogP contribution < -0.4 is 21.9 Å². The summed E-state index contributed by atoms with van der Waals surface area (Å²) in [5.41, 5.74) is 13.0. The summed E-state index contributed by atoms with van der Waals surface area (Å²) in [5.74, 6) is -0.743. The van der Waals surface area contributed by atoms with E-state index in [0.717, 1.165) is 5.56 Å². The monoisotopic (exact) mass is 327 g/mol. The molecule has 0 unspecified atom stereocenters. The SMILES string of the molecule is Cc1ccc(O)c(C)c1-n1c(N)c(C(N)=O)cc(N(C)C)c1=O.[B]. The van der Waals surface area contributed by atoms with E-state index in [-0.39, 0.29) is 31.2 Å². The molecule has 0 saturated carbocycles. The van der Waals surface area contributed by atoms with E-state index in [4.69, 9.17) is 11.5 Å². The number of aromatic hydroxyl groups is 1. The van der Waals surface area contributed by atoms with E-state index in [0.29, 0.717) is 11.3 Å². The molecule has 0 aliphatic carbocycles. The first-order chi connectivity index (χ1) is 10.7. The molecule has 0 spiro atoms. The molecule has 0 saturated heterocycles. The molecule has 7 nitrogen and oxygen atoms in total. The number of nitrogen functional groups attached to an aromatic ring is 1. The quantitative estimate of drug-likeness (QED) is 0.711. The molecule has 3 radical (unpaired) electrons. The molecular weight excluding hydrogens is 307 g/mol. The minimum atomic E-state index is -0.727. The standard InChI is InChI=1S/C16H20N4O3.B/c1-8-5-6-12(21)9(2)13(8)20-14(17)10(15(18)22)7-11(16(20)23)19(3)4;/h5-7,21H,17H2,1-4H3,(H2,18,22);. The second-order valence-electron chi connectivity index (χ2n) is 5.60. The number of rotatable bonds is 3. The van der Waals surface area contributed by atoms with Crippen LogP contribution in [0.1, 0.15) is 21.5 Å². The zero-order valence-electron chi connectivity index (χ0n) is 14.1. The number of hydrogen-bond donors (Lipinski definition) is 3. The summed E-state index contributed by atoms with van der Waals surface area (Å²) in [6.07, 6.45) is 0. The zero-order chi connectivity index (χ0) is 17.5. The predicted octanol–water partition coefficient (Wildman–Crippen LogP) is 0.526. The summed E-state index contributed by atoms with van der Waals surface area (Å²) in [5, 5.41) is 9.97. The molecule has 1 aromatic heterocycles. The number of carbonyl (C=O) groups excluding carboxylic acids is 1. The summed E-state index contributed by atoms with van der Waals surface area (Å²) >= 11 is 0. The lowest BCUT2D eigenvalue weighted by Crippen LogP contribution is -2.31. The van der Waals surface area contributed by atoms with Crippen LogP contribution in [0.25, 0.3) is 5.69 Å². The van der Waals surface area contributed by atoms with Crippen molar-refractivity contribution in [2.45, 2.75) is 13.8 Å². The topological polar surface area (TPSA) is 115 Å². The van der Waals surface area contributed by atoms with E-state index in [1.165, 1.54) is 10.6 Å². The van der Waals surface area contributed by atoms with Crippen molar-refractivity contribution in [3.05, 3.63) is 45.2 Å². The van der Waals surface area contributed by atoms with E-state index in [1.54, 1.807) is 45.0 Å². The van der Waals surface area contributed by atoms with Crippen LogP contribution >= 0.6 is 0 Å². The number of anilines is 2. The van der Waals surface area contributed by atoms with E-state index >= 15 is 0 Å². The Morgan fingerprint density at radius 2 is 1.83 bits per heavy atom. The molecule has 125 valence electrons. The number of phenolic OH excluding ortho intramolecular Hbond substituents is 1. The lowest BCUT2D eigenvalue weighted by atomic mass is 10.1. The van der Waals surface area contributed by atoms with E-state index in [1.807, 2.05) is 0 Å². The highest BCUT2D eigenvalue weighted by Gasteiger charge is 2.21. The fourth-order valence-corrected chi connectivity index (χ4v) is 2.53. The molecule has 0 aliphatic heterocycles. The Kier molecular flexibility index (Phi) is 5.34. The van der Waals surface area contributed by atoms with E-state index < -0.39 is 11.5 Å². The van der Waals surface area contributed by atoms with Crippen LogP contribution in [0.4, 0.5) is 11.5 Å². The van der Waals surface area contributed by atoms with Crippen molar-refractivity contribution in [1.29, 1.82) is 0 Å². The van der Waals surface area contributed by atoms with Crippen LogP contribution in [0.5, 0.6) is 5.75 Å². The smallest absolute Gasteiger partial charge is 0.280 e. The number of benzene rings is 1. The number of hydrogen-bond acceptors (Lipinski definition) is 5. The van der Waals surface area contributed by atoms with Gasteiger partial charge in [-0.05, 0) is 31.5 Å². The fourth-order valence-electron chi connectivity index (χ4n) is 2.53. The number of aromatic nitrogens is 1. The first-order valence-electron chi connectivity index (χ1n) is 6.99. The number of primary amides is 1. The Hall–Kier alpha value is -2.90. The van der Waals surface area contributed by atoms with Gasteiger partial charge >= 0.3 is 0 Å². The molecular formula is C16H20BN4O3. The van der Waals surface area contributed by atoms with Crippen LogP contribution in [-0.4, -0.2) is 38.1 Å². The minimum absolute atomic E-state index is 0. The van der Waals surface area contributed by atoms with Gasteiger partial charge in [0, 0.05) is 28.1 Å². The summed E-state index contributed by atoms with van der Waals surface area (Å²) in [6.45, 7) is 3.47. The van der Waals surface area contributed by atoms with Crippen molar-refractivity contribution in [2.24, 2.45) is 5.73 Å². The normalized spacial score (nSPS) is 10.2. The average molecular weight is 327 g/mol. The van der Waals surface area contributed by atoms with Gasteiger partial charge in [0.15, 0.2) is 0 Å². The number of amides is 1. The first kappa shape index (κ1) is 19.2. The van der Waals surface area contributed by atoms with Crippen molar-refractivity contribution >= 4 is 25.8 Å². The zero-order valence-corrected chi connectivity index (χ0v) is 14.1. The maximum atomic E-state index is 12.8. The largest absolute Gasteiger partial charge is 0.508 e. The maximum absolute atomic E-state index is 12.8. The number of aryl methyl sites for hydroxylation is 1. The molecule has 1 amide bonds. The lowest BCUT2D eigenvalue weighted by molar-refractivity contribution is 0.100. The van der Waals surface area contributed by atoms with Gasteiger partial charge < -0.3 is 21.5 Å². The van der Waals surface area contributed by atoms with Crippen LogP contribution in [0, 0.1) is 13.8 Å². The summed E-state index contributed by atoms with van der Waals surface area (Å²) in [6, 6.07) is 4.60. The Morgan fingerprint density at radius 3 is 2.33 bits per heavy atom. The average Bonchev–Trinajstić information content (AvgIpc) is 2.45. The lowest BCUT2D eigenvalue weighted by Gasteiger charge is -2.21. The van der Waals surface area contributed by atoms with Gasteiger partial charge in [0.05, 0.1) is 11.3 Å². The molecule has 24 heavy (non-hydrogen) atoms. The van der Waals surface area contributed by atoms with Crippen LogP contribution in [-0.2, 0) is 0 Å². The number of phenols is 1. The molecule has 8 heteroatoms. The molecule has 0 fully saturated rings. The molecule has 0 bridgehead atoms. The van der Waals surface area contributed by atoms with Crippen LogP contribution in [0.2, 0.25) is 0 Å². The Morgan fingerprint density at radius 1 is 1.25 bits per heavy atom. The highest BCUT2D eigenvalue weighted by molar-refractivity contribution is 5.98. The van der Waals surface area contributed by atoms with Crippen LogP contribution in [0.15, 0.2) is 23.0 Å². The molecule has 0 aliphatic rings. The molecule has 5 N–H and O–H groups in total. The Bertz CT molecular complexity index is 859. The third kappa shape index (κ3) is 2.95. The molecule has 0 atom stereocenters. The number of carbonyl (C=O) groups is 1. The Labute approximate surface area is 142 Å². The maximum Gasteiger partial charge on any atom is 0.280 e. The third-order valence-electron chi connectivity index (χ3n) is 3.80. The van der Waals surface area contributed by atoms with Crippen LogP contribution in [0.3, 0.4) is 0 Å². The molecule has 2 aromatic rings. The van der Waals surface area contributed by atoms with E-state index in [9.17, 15) is 14.7 Å². The van der Waals surface area contributed by atoms with Gasteiger partial charge in [0.1, 0.15) is 17.3 Å². The van der Waals surface area contributed by atoms with Crippen molar-refractivity contribution in [3.8, 4) is 11.4 Å². The molecule has 1 aromatic carbocycles. The van der Waals surface area contributed by atoms with Gasteiger partial charge in [0.2, 0.25) is 0 Å². The number of pyridine rings is 1. The van der Waals surface area contributed by atoms with E-state index in [2.05, 4.69) is 0 Å². The Balaban J connectivity index is 0.00000288. The van der Waals surface area contributed by atoms with Crippen molar-refractivity contribution in [1.82, 2.24) is 4.57 Å². The summed E-state index contributed by atoms with van der Waals surface area (Å²) in [4.78, 5) is 26.1. The molecule has 2 rings (SSSR count). The second-order valence-corrected chi connectivity index (χ2v) is 5.60. The second kappa shape index (κ2) is 6.70.